The van der Waals surface area contributed by atoms with Gasteiger partial charge in [-0.15, -0.1) is 0 Å². The fraction of sp³-hybridized carbons (Fsp3) is 0.811. The number of unbranched alkanes of at least 4 members (excludes halogenated alkanes) is 7. The molecule has 1 aromatic rings. The van der Waals surface area contributed by atoms with Gasteiger partial charge in [-0.25, -0.2) is 0 Å². The highest BCUT2D eigenvalue weighted by atomic mass is 19.4. The number of aromatic hydroxyl groups is 1. The number of aliphatic hydroxyl groups excluding tert-OH is 1. The van der Waals surface area contributed by atoms with E-state index in [9.17, 15) is 37.0 Å². The largest absolute Gasteiger partial charge is 0.508 e. The Morgan fingerprint density at radius 3 is 2.28 bits per heavy atom. The average molecular weight is 659 g/mol. The molecule has 46 heavy (non-hydrogen) atoms. The van der Waals surface area contributed by atoms with Gasteiger partial charge in [-0.2, -0.15) is 22.0 Å². The third-order valence-corrected chi connectivity index (χ3v) is 11.7. The molecule has 1 unspecified atom stereocenters. The van der Waals surface area contributed by atoms with Crippen molar-refractivity contribution in [2.24, 2.45) is 29.1 Å². The van der Waals surface area contributed by atoms with Crippen molar-refractivity contribution in [3.8, 4) is 5.75 Å². The van der Waals surface area contributed by atoms with Gasteiger partial charge in [0.05, 0.1) is 18.6 Å². The number of carbonyl (C=O) groups is 1. The van der Waals surface area contributed by atoms with E-state index in [4.69, 9.17) is 4.74 Å². The second-order valence-corrected chi connectivity index (χ2v) is 14.7. The van der Waals surface area contributed by atoms with E-state index >= 15 is 0 Å². The lowest BCUT2D eigenvalue weighted by molar-refractivity contribution is -0.284. The monoisotopic (exact) mass is 658 g/mol. The van der Waals surface area contributed by atoms with Crippen LogP contribution >= 0.6 is 0 Å². The molecule has 1 aromatic carbocycles. The Balaban J connectivity index is 1.19. The molecule has 0 saturated heterocycles. The van der Waals surface area contributed by atoms with Gasteiger partial charge in [-0.05, 0) is 117 Å². The van der Waals surface area contributed by atoms with Crippen LogP contribution in [0.4, 0.5) is 22.0 Å². The molecule has 4 nitrogen and oxygen atoms in total. The van der Waals surface area contributed by atoms with Crippen molar-refractivity contribution in [2.75, 3.05) is 6.61 Å². The first-order valence-corrected chi connectivity index (χ1v) is 17.9. The Hall–Kier alpha value is -1.90. The maximum atomic E-state index is 13.1. The van der Waals surface area contributed by atoms with Gasteiger partial charge in [0.2, 0.25) is 0 Å². The van der Waals surface area contributed by atoms with Crippen LogP contribution in [0.3, 0.4) is 0 Å². The summed E-state index contributed by atoms with van der Waals surface area (Å²) < 4.78 is 68.6. The third-order valence-electron chi connectivity index (χ3n) is 11.7. The van der Waals surface area contributed by atoms with Crippen molar-refractivity contribution < 1.29 is 41.7 Å². The Morgan fingerprint density at radius 2 is 1.61 bits per heavy atom. The summed E-state index contributed by atoms with van der Waals surface area (Å²) in [7, 11) is 0. The van der Waals surface area contributed by atoms with Crippen LogP contribution in [0, 0.1) is 29.1 Å². The van der Waals surface area contributed by atoms with Gasteiger partial charge in [0.25, 0.3) is 0 Å². The van der Waals surface area contributed by atoms with E-state index in [0.717, 1.165) is 77.0 Å². The van der Waals surface area contributed by atoms with E-state index in [2.05, 4.69) is 13.0 Å². The summed E-state index contributed by atoms with van der Waals surface area (Å²) >= 11 is 0. The van der Waals surface area contributed by atoms with Crippen LogP contribution in [0.1, 0.15) is 140 Å². The SMILES string of the molecule is CCOC(=O)C(CCCCCCCC[C@H]1C[C@]2(C)[C@@H](O)CC[C@H]2[C@@H]2CCc3cc(O)ccc3[C@@H]12)CCCCCC(F)(F)C(F)(F)F. The first-order chi connectivity index (χ1) is 21.8. The zero-order valence-corrected chi connectivity index (χ0v) is 27.7. The van der Waals surface area contributed by atoms with Crippen molar-refractivity contribution in [2.45, 2.75) is 154 Å². The summed E-state index contributed by atoms with van der Waals surface area (Å²) in [4.78, 5) is 12.4. The molecular weight excluding hydrogens is 603 g/mol. The van der Waals surface area contributed by atoms with E-state index in [1.54, 1.807) is 6.92 Å². The number of aliphatic hydroxyl groups is 1. The molecule has 2 N–H and O–H groups in total. The van der Waals surface area contributed by atoms with Crippen LogP contribution in [0.5, 0.6) is 5.75 Å². The molecule has 3 aliphatic rings. The smallest absolute Gasteiger partial charge is 0.453 e. The lowest BCUT2D eigenvalue weighted by Gasteiger charge is -2.54. The third kappa shape index (κ3) is 8.76. The lowest BCUT2D eigenvalue weighted by atomic mass is 9.51. The highest BCUT2D eigenvalue weighted by Gasteiger charge is 2.58. The number of carbonyl (C=O) groups excluding carboxylic acids is 1. The summed E-state index contributed by atoms with van der Waals surface area (Å²) in [5.41, 5.74) is 2.69. The highest BCUT2D eigenvalue weighted by Crippen LogP contribution is 2.63. The topological polar surface area (TPSA) is 66.8 Å². The van der Waals surface area contributed by atoms with Gasteiger partial charge in [0.1, 0.15) is 5.75 Å². The molecule has 0 heterocycles. The molecule has 7 atom stereocenters. The number of phenols is 1. The number of ether oxygens (including phenoxy) is 1. The summed E-state index contributed by atoms with van der Waals surface area (Å²) in [6.45, 7) is 4.30. The number of alkyl halides is 5. The van der Waals surface area contributed by atoms with Gasteiger partial charge in [-0.1, -0.05) is 64.4 Å². The minimum atomic E-state index is -5.52. The van der Waals surface area contributed by atoms with Crippen LogP contribution in [0.15, 0.2) is 18.2 Å². The van der Waals surface area contributed by atoms with Crippen molar-refractivity contribution >= 4 is 5.97 Å². The van der Waals surface area contributed by atoms with E-state index < -0.39 is 18.5 Å². The normalized spacial score (nSPS) is 28.3. The molecule has 9 heteroatoms. The maximum absolute atomic E-state index is 13.1. The first kappa shape index (κ1) is 36.9. The molecule has 0 spiro atoms. The summed E-state index contributed by atoms with van der Waals surface area (Å²) in [6.07, 6.45) is 7.10. The number of fused-ring (bicyclic) bond motifs is 5. The number of hydrogen-bond acceptors (Lipinski definition) is 4. The molecule has 4 rings (SSSR count). The lowest BCUT2D eigenvalue weighted by Crippen LogP contribution is -2.47. The summed E-state index contributed by atoms with van der Waals surface area (Å²) in [6, 6.07) is 5.94. The number of rotatable bonds is 17. The average Bonchev–Trinajstić information content (AvgIpc) is 3.29. The van der Waals surface area contributed by atoms with Gasteiger partial charge in [0, 0.05) is 6.42 Å². The predicted molar refractivity (Wildman–Crippen MR) is 169 cm³/mol. The van der Waals surface area contributed by atoms with Gasteiger partial charge >= 0.3 is 18.1 Å². The van der Waals surface area contributed by atoms with Crippen molar-refractivity contribution in [1.29, 1.82) is 0 Å². The Morgan fingerprint density at radius 1 is 0.957 bits per heavy atom. The Kier molecular flexibility index (Phi) is 12.8. The number of hydrogen-bond donors (Lipinski definition) is 2. The van der Waals surface area contributed by atoms with E-state index in [0.29, 0.717) is 48.7 Å². The van der Waals surface area contributed by atoms with Crippen LogP contribution in [-0.4, -0.2) is 41.0 Å². The minimum Gasteiger partial charge on any atom is -0.508 e. The molecule has 0 aliphatic heterocycles. The Labute approximate surface area is 271 Å². The molecule has 2 fully saturated rings. The van der Waals surface area contributed by atoms with Gasteiger partial charge in [0.15, 0.2) is 0 Å². The number of phenolic OH excluding ortho intramolecular Hbond substituents is 1. The second-order valence-electron chi connectivity index (χ2n) is 14.7. The zero-order valence-electron chi connectivity index (χ0n) is 27.7. The molecule has 0 bridgehead atoms. The summed E-state index contributed by atoms with van der Waals surface area (Å²) in [5.74, 6) is -2.82. The van der Waals surface area contributed by atoms with Gasteiger partial charge < -0.3 is 14.9 Å². The van der Waals surface area contributed by atoms with E-state index in [1.807, 2.05) is 12.1 Å². The fourth-order valence-corrected chi connectivity index (χ4v) is 9.33. The van der Waals surface area contributed by atoms with Crippen LogP contribution < -0.4 is 0 Å². The van der Waals surface area contributed by atoms with Gasteiger partial charge in [-0.3, -0.25) is 4.79 Å². The van der Waals surface area contributed by atoms with E-state index in [1.165, 1.54) is 11.1 Å². The quantitative estimate of drug-likeness (QED) is 0.0993. The zero-order chi connectivity index (χ0) is 33.5. The van der Waals surface area contributed by atoms with Crippen molar-refractivity contribution in [1.82, 2.24) is 0 Å². The van der Waals surface area contributed by atoms with Crippen LogP contribution in [-0.2, 0) is 16.0 Å². The predicted octanol–water partition coefficient (Wildman–Crippen LogP) is 10.3. The second kappa shape index (κ2) is 16.0. The van der Waals surface area contributed by atoms with Crippen LogP contribution in [0.2, 0.25) is 0 Å². The first-order valence-electron chi connectivity index (χ1n) is 17.9. The fourth-order valence-electron chi connectivity index (χ4n) is 9.33. The molecule has 0 radical (unpaired) electrons. The molecular formula is C37H55F5O4. The molecule has 3 aliphatic carbocycles. The molecule has 262 valence electrons. The van der Waals surface area contributed by atoms with E-state index in [-0.39, 0.29) is 42.9 Å². The maximum Gasteiger partial charge on any atom is 0.453 e. The van der Waals surface area contributed by atoms with Crippen molar-refractivity contribution in [3.05, 3.63) is 29.3 Å². The Bertz CT molecular complexity index is 1120. The molecule has 0 amide bonds. The molecule has 2 saturated carbocycles. The number of aryl methyl sites for hydroxylation is 1. The number of benzene rings is 1. The van der Waals surface area contributed by atoms with Crippen molar-refractivity contribution in [3.63, 3.8) is 0 Å². The summed E-state index contributed by atoms with van der Waals surface area (Å²) in [5, 5.41) is 21.1. The van der Waals surface area contributed by atoms with Crippen LogP contribution in [0.25, 0.3) is 0 Å². The highest BCUT2D eigenvalue weighted by molar-refractivity contribution is 5.72. The number of halogens is 5. The minimum absolute atomic E-state index is 0.0101. The molecule has 0 aromatic heterocycles. The number of esters is 1. The standard InChI is InChI=1S/C37H55F5O4/c1-3-46-34(45)25(14-11-8-12-22-36(38,39)37(40,41)42)13-9-6-4-5-7-10-15-27-24-35(2)31(20-21-32(35)44)30-18-16-26-23-28(43)17-19-29(26)33(27)30/h17,19,23,25,27,30-33,43-44H,3-16,18,20-22,24H2,1-2H3/t25?,27-,30-,31-,32-,33+,35-/m0/s1.